The van der Waals surface area contributed by atoms with Crippen molar-refractivity contribution in [3.05, 3.63) is 58.3 Å². The number of ether oxygens (including phenoxy) is 1. The molecule has 2 aromatic rings. The van der Waals surface area contributed by atoms with E-state index in [1.807, 2.05) is 12.1 Å². The third-order valence-corrected chi connectivity index (χ3v) is 3.65. The minimum atomic E-state index is -0.303. The van der Waals surface area contributed by atoms with Crippen molar-refractivity contribution in [3.63, 3.8) is 0 Å². The van der Waals surface area contributed by atoms with Crippen LogP contribution in [0.4, 0.5) is 10.1 Å². The van der Waals surface area contributed by atoms with Crippen molar-refractivity contribution in [2.45, 2.75) is 19.4 Å². The Balaban J connectivity index is 2.26. The summed E-state index contributed by atoms with van der Waals surface area (Å²) in [5, 5.41) is 3.41. The maximum Gasteiger partial charge on any atom is 0.144 e. The summed E-state index contributed by atoms with van der Waals surface area (Å²) in [4.78, 5) is 0. The minimum Gasteiger partial charge on any atom is -0.494 e. The Kier molecular flexibility index (Phi) is 5.01. The minimum absolute atomic E-state index is 0.145. The normalized spacial score (nSPS) is 12.0. The second kappa shape index (κ2) is 6.75. The summed E-state index contributed by atoms with van der Waals surface area (Å²) < 4.78 is 19.5. The van der Waals surface area contributed by atoms with E-state index in [2.05, 4.69) is 40.3 Å². The number of anilines is 1. The van der Waals surface area contributed by atoms with Crippen molar-refractivity contribution < 1.29 is 9.13 Å². The van der Waals surface area contributed by atoms with Gasteiger partial charge in [0, 0.05) is 10.5 Å². The summed E-state index contributed by atoms with van der Waals surface area (Å²) in [6.07, 6.45) is 0.914. The molecular formula is C16H17BrFNO. The van der Waals surface area contributed by atoms with Crippen LogP contribution < -0.4 is 10.1 Å². The van der Waals surface area contributed by atoms with Gasteiger partial charge in [0.25, 0.3) is 0 Å². The van der Waals surface area contributed by atoms with E-state index < -0.39 is 0 Å². The Morgan fingerprint density at radius 3 is 2.70 bits per heavy atom. The molecule has 20 heavy (non-hydrogen) atoms. The molecule has 2 aromatic carbocycles. The molecule has 1 atom stereocenters. The van der Waals surface area contributed by atoms with E-state index in [9.17, 15) is 4.39 Å². The van der Waals surface area contributed by atoms with Crippen molar-refractivity contribution in [2.75, 3.05) is 12.4 Å². The summed E-state index contributed by atoms with van der Waals surface area (Å²) >= 11 is 3.48. The molecule has 0 spiro atoms. The fraction of sp³-hybridized carbons (Fsp3) is 0.250. The van der Waals surface area contributed by atoms with Gasteiger partial charge in [-0.2, -0.15) is 0 Å². The first-order chi connectivity index (χ1) is 9.63. The molecule has 0 amide bonds. The van der Waals surface area contributed by atoms with Crippen molar-refractivity contribution >= 4 is 21.6 Å². The van der Waals surface area contributed by atoms with Gasteiger partial charge in [-0.3, -0.25) is 0 Å². The lowest BCUT2D eigenvalue weighted by molar-refractivity contribution is 0.412. The second-order valence-corrected chi connectivity index (χ2v) is 5.42. The molecule has 0 aliphatic rings. The van der Waals surface area contributed by atoms with Crippen molar-refractivity contribution in [2.24, 2.45) is 0 Å². The van der Waals surface area contributed by atoms with E-state index in [0.717, 1.165) is 16.6 Å². The standard InChI is InChI=1S/C16H17BrFNO/c1-3-14(11-5-4-6-12(17)9-11)19-15-8-7-13(18)10-16(15)20-2/h4-10,14,19H,3H2,1-2H3. The van der Waals surface area contributed by atoms with Gasteiger partial charge in [0.05, 0.1) is 18.8 Å². The quantitative estimate of drug-likeness (QED) is 0.813. The molecule has 106 valence electrons. The summed E-state index contributed by atoms with van der Waals surface area (Å²) in [6.45, 7) is 2.11. The molecule has 4 heteroatoms. The highest BCUT2D eigenvalue weighted by Crippen LogP contribution is 2.31. The average Bonchev–Trinajstić information content (AvgIpc) is 2.45. The lowest BCUT2D eigenvalue weighted by Crippen LogP contribution is -2.10. The molecule has 0 saturated carbocycles. The summed E-state index contributed by atoms with van der Waals surface area (Å²) in [5.74, 6) is 0.210. The van der Waals surface area contributed by atoms with Crippen LogP contribution in [0, 0.1) is 5.82 Å². The van der Waals surface area contributed by atoms with Gasteiger partial charge in [-0.05, 0) is 36.2 Å². The molecule has 2 rings (SSSR count). The molecular weight excluding hydrogens is 321 g/mol. The number of hydrogen-bond donors (Lipinski definition) is 1. The number of halogens is 2. The van der Waals surface area contributed by atoms with E-state index in [1.165, 1.54) is 17.7 Å². The Morgan fingerprint density at radius 2 is 2.05 bits per heavy atom. The number of benzene rings is 2. The molecule has 0 radical (unpaired) electrons. The van der Waals surface area contributed by atoms with E-state index in [1.54, 1.807) is 13.2 Å². The van der Waals surface area contributed by atoms with Crippen LogP contribution in [0.1, 0.15) is 24.9 Å². The Morgan fingerprint density at radius 1 is 1.25 bits per heavy atom. The number of rotatable bonds is 5. The topological polar surface area (TPSA) is 21.3 Å². The highest BCUT2D eigenvalue weighted by Gasteiger charge is 2.12. The Bertz CT molecular complexity index is 588. The monoisotopic (exact) mass is 337 g/mol. The van der Waals surface area contributed by atoms with Crippen LogP contribution in [0.3, 0.4) is 0 Å². The first-order valence-corrected chi connectivity index (χ1v) is 7.29. The van der Waals surface area contributed by atoms with Crippen LogP contribution in [0.2, 0.25) is 0 Å². The summed E-state index contributed by atoms with van der Waals surface area (Å²) in [5.41, 5.74) is 1.97. The average molecular weight is 338 g/mol. The van der Waals surface area contributed by atoms with Gasteiger partial charge in [0.1, 0.15) is 11.6 Å². The van der Waals surface area contributed by atoms with Crippen LogP contribution in [0.15, 0.2) is 46.9 Å². The van der Waals surface area contributed by atoms with E-state index >= 15 is 0 Å². The van der Waals surface area contributed by atoms with Crippen molar-refractivity contribution in [1.29, 1.82) is 0 Å². The molecule has 0 fully saturated rings. The van der Waals surface area contributed by atoms with Gasteiger partial charge in [-0.15, -0.1) is 0 Å². The molecule has 0 aliphatic heterocycles. The molecule has 1 N–H and O–H groups in total. The van der Waals surface area contributed by atoms with Crippen LogP contribution in [-0.2, 0) is 0 Å². The predicted molar refractivity (Wildman–Crippen MR) is 83.7 cm³/mol. The van der Waals surface area contributed by atoms with Crippen LogP contribution in [0.25, 0.3) is 0 Å². The zero-order valence-corrected chi connectivity index (χ0v) is 13.1. The fourth-order valence-electron chi connectivity index (χ4n) is 2.12. The lowest BCUT2D eigenvalue weighted by Gasteiger charge is -2.20. The molecule has 1 unspecified atom stereocenters. The molecule has 0 heterocycles. The smallest absolute Gasteiger partial charge is 0.144 e. The van der Waals surface area contributed by atoms with E-state index in [4.69, 9.17) is 4.74 Å². The predicted octanol–water partition coefficient (Wildman–Crippen LogP) is 5.16. The van der Waals surface area contributed by atoms with Crippen molar-refractivity contribution in [1.82, 2.24) is 0 Å². The maximum atomic E-state index is 13.2. The summed E-state index contributed by atoms with van der Waals surface area (Å²) in [7, 11) is 1.54. The van der Waals surface area contributed by atoms with Gasteiger partial charge < -0.3 is 10.1 Å². The number of nitrogens with one attached hydrogen (secondary N) is 1. The lowest BCUT2D eigenvalue weighted by atomic mass is 10.0. The molecule has 0 aliphatic carbocycles. The van der Waals surface area contributed by atoms with E-state index in [0.29, 0.717) is 5.75 Å². The van der Waals surface area contributed by atoms with Gasteiger partial charge in [-0.1, -0.05) is 35.0 Å². The fourth-order valence-corrected chi connectivity index (χ4v) is 2.53. The number of methoxy groups -OCH3 is 1. The van der Waals surface area contributed by atoms with Crippen molar-refractivity contribution in [3.8, 4) is 5.75 Å². The largest absolute Gasteiger partial charge is 0.494 e. The SMILES string of the molecule is CCC(Nc1ccc(F)cc1OC)c1cccc(Br)c1. The van der Waals surface area contributed by atoms with Gasteiger partial charge in [0.2, 0.25) is 0 Å². The van der Waals surface area contributed by atoms with Gasteiger partial charge >= 0.3 is 0 Å². The molecule has 0 bridgehead atoms. The van der Waals surface area contributed by atoms with Crippen LogP contribution in [-0.4, -0.2) is 7.11 Å². The van der Waals surface area contributed by atoms with E-state index in [-0.39, 0.29) is 11.9 Å². The first kappa shape index (κ1) is 14.9. The Labute approximate surface area is 127 Å². The molecule has 2 nitrogen and oxygen atoms in total. The van der Waals surface area contributed by atoms with Crippen LogP contribution >= 0.6 is 15.9 Å². The number of hydrogen-bond acceptors (Lipinski definition) is 2. The first-order valence-electron chi connectivity index (χ1n) is 6.49. The maximum absolute atomic E-state index is 13.2. The second-order valence-electron chi connectivity index (χ2n) is 4.50. The molecule has 0 saturated heterocycles. The molecule has 0 aromatic heterocycles. The zero-order valence-electron chi connectivity index (χ0n) is 11.5. The third-order valence-electron chi connectivity index (χ3n) is 3.15. The van der Waals surface area contributed by atoms with Crippen LogP contribution in [0.5, 0.6) is 5.75 Å². The summed E-state index contributed by atoms with van der Waals surface area (Å²) in [6, 6.07) is 12.8. The van der Waals surface area contributed by atoms with Gasteiger partial charge in [0.15, 0.2) is 0 Å². The highest BCUT2D eigenvalue weighted by molar-refractivity contribution is 9.10. The van der Waals surface area contributed by atoms with Gasteiger partial charge in [-0.25, -0.2) is 4.39 Å². The highest BCUT2D eigenvalue weighted by atomic mass is 79.9. The third kappa shape index (κ3) is 3.51. The Hall–Kier alpha value is -1.55. The zero-order chi connectivity index (χ0) is 14.5.